The van der Waals surface area contributed by atoms with E-state index in [4.69, 9.17) is 4.74 Å². The lowest BCUT2D eigenvalue weighted by Crippen LogP contribution is -2.30. The summed E-state index contributed by atoms with van der Waals surface area (Å²) in [7, 11) is 1.65. The van der Waals surface area contributed by atoms with Gasteiger partial charge in [-0.3, -0.25) is 4.79 Å². The van der Waals surface area contributed by atoms with Gasteiger partial charge >= 0.3 is 0 Å². The largest absolute Gasteiger partial charge is 0.497 e. The number of nitrogens with one attached hydrogen (secondary N) is 1. The van der Waals surface area contributed by atoms with Gasteiger partial charge in [-0.2, -0.15) is 0 Å². The summed E-state index contributed by atoms with van der Waals surface area (Å²) in [5.74, 6) is 1.70. The first-order chi connectivity index (χ1) is 10.6. The predicted octanol–water partition coefficient (Wildman–Crippen LogP) is 3.02. The minimum absolute atomic E-state index is 0.0300. The number of anilines is 1. The maximum absolute atomic E-state index is 12.1. The molecule has 1 atom stereocenters. The van der Waals surface area contributed by atoms with E-state index >= 15 is 0 Å². The van der Waals surface area contributed by atoms with E-state index in [1.165, 1.54) is 0 Å². The van der Waals surface area contributed by atoms with Gasteiger partial charge in [0.15, 0.2) is 0 Å². The molecule has 5 nitrogen and oxygen atoms in total. The van der Waals surface area contributed by atoms with Crippen molar-refractivity contribution in [3.8, 4) is 5.75 Å². The third-order valence-corrected chi connectivity index (χ3v) is 4.09. The van der Waals surface area contributed by atoms with Crippen LogP contribution in [0.25, 0.3) is 0 Å². The van der Waals surface area contributed by atoms with Crippen LogP contribution in [0.15, 0.2) is 24.4 Å². The highest BCUT2D eigenvalue weighted by atomic mass is 16.5. The van der Waals surface area contributed by atoms with Crippen LogP contribution in [0.1, 0.15) is 43.4 Å². The van der Waals surface area contributed by atoms with Crippen molar-refractivity contribution in [3.05, 3.63) is 41.5 Å². The number of aromatic nitrogens is 2. The van der Waals surface area contributed by atoms with Crippen LogP contribution in [0.5, 0.6) is 5.75 Å². The number of fused-ring (bicyclic) bond motifs is 1. The van der Waals surface area contributed by atoms with Gasteiger partial charge in [-0.15, -0.1) is 0 Å². The molecule has 0 aliphatic carbocycles. The lowest BCUT2D eigenvalue weighted by Gasteiger charge is -2.22. The maximum atomic E-state index is 12.1. The number of amides is 1. The van der Waals surface area contributed by atoms with Gasteiger partial charge in [-0.05, 0) is 30.2 Å². The Morgan fingerprint density at radius 1 is 1.50 bits per heavy atom. The summed E-state index contributed by atoms with van der Waals surface area (Å²) in [4.78, 5) is 21.8. The molecule has 1 amide bonds. The van der Waals surface area contributed by atoms with Crippen molar-refractivity contribution in [2.24, 2.45) is 0 Å². The van der Waals surface area contributed by atoms with Crippen LogP contribution in [0.3, 0.4) is 0 Å². The highest BCUT2D eigenvalue weighted by molar-refractivity contribution is 5.94. The van der Waals surface area contributed by atoms with Crippen LogP contribution >= 0.6 is 0 Å². The number of carbonyl (C=O) groups is 1. The van der Waals surface area contributed by atoms with E-state index < -0.39 is 0 Å². The van der Waals surface area contributed by atoms with Crippen molar-refractivity contribution in [2.45, 2.75) is 39.2 Å². The molecular weight excluding hydrogens is 278 g/mol. The fraction of sp³-hybridized carbons (Fsp3) is 0.412. The number of benzene rings is 1. The number of ether oxygens (including phenoxy) is 1. The molecule has 0 saturated heterocycles. The van der Waals surface area contributed by atoms with Gasteiger partial charge in [-0.25, -0.2) is 4.98 Å². The Hall–Kier alpha value is -2.30. The monoisotopic (exact) mass is 299 g/mol. The molecule has 0 spiro atoms. The Morgan fingerprint density at radius 3 is 3.00 bits per heavy atom. The number of H-pyrrole nitrogens is 1. The topological polar surface area (TPSA) is 58.2 Å². The summed E-state index contributed by atoms with van der Waals surface area (Å²) in [6.45, 7) is 3.74. The van der Waals surface area contributed by atoms with Crippen LogP contribution in [0.2, 0.25) is 0 Å². The molecular formula is C17H21N3O2. The summed E-state index contributed by atoms with van der Waals surface area (Å²) in [6.07, 6.45) is 4.67. The normalized spacial score (nSPS) is 16.7. The Kier molecular flexibility index (Phi) is 3.88. The molecule has 1 aliphatic rings. The van der Waals surface area contributed by atoms with Gasteiger partial charge in [0, 0.05) is 30.9 Å². The van der Waals surface area contributed by atoms with Gasteiger partial charge in [0.05, 0.1) is 13.2 Å². The second kappa shape index (κ2) is 5.83. The number of nitrogens with zero attached hydrogens (tertiary/aromatic N) is 2. The number of rotatable bonds is 4. The van der Waals surface area contributed by atoms with Gasteiger partial charge < -0.3 is 14.6 Å². The van der Waals surface area contributed by atoms with E-state index in [0.717, 1.165) is 47.8 Å². The quantitative estimate of drug-likeness (QED) is 0.944. The van der Waals surface area contributed by atoms with Crippen LogP contribution in [0.4, 0.5) is 5.69 Å². The fourth-order valence-corrected chi connectivity index (χ4v) is 3.11. The SMILES string of the molecule is CCCc1cnc(C2Cc3cc(OC)ccc3N2C(C)=O)[nH]1. The first-order valence-corrected chi connectivity index (χ1v) is 7.64. The highest BCUT2D eigenvalue weighted by Gasteiger charge is 2.35. The fourth-order valence-electron chi connectivity index (χ4n) is 3.11. The molecule has 1 N–H and O–H groups in total. The van der Waals surface area contributed by atoms with Crippen molar-refractivity contribution >= 4 is 11.6 Å². The number of imidazole rings is 1. The Balaban J connectivity index is 1.96. The molecule has 1 aromatic carbocycles. The van der Waals surface area contributed by atoms with Crippen molar-refractivity contribution in [1.82, 2.24) is 9.97 Å². The molecule has 5 heteroatoms. The number of aryl methyl sites for hydroxylation is 1. The lowest BCUT2D eigenvalue weighted by molar-refractivity contribution is -0.117. The molecule has 2 aromatic rings. The molecule has 0 radical (unpaired) electrons. The van der Waals surface area contributed by atoms with Gasteiger partial charge in [0.1, 0.15) is 11.6 Å². The Bertz CT molecular complexity index is 693. The number of carbonyl (C=O) groups excluding carboxylic acids is 1. The van der Waals surface area contributed by atoms with Crippen LogP contribution in [0, 0.1) is 0 Å². The van der Waals surface area contributed by atoms with Crippen LogP contribution in [-0.4, -0.2) is 23.0 Å². The molecule has 22 heavy (non-hydrogen) atoms. The molecule has 2 heterocycles. The summed E-state index contributed by atoms with van der Waals surface area (Å²) in [5, 5.41) is 0. The Morgan fingerprint density at radius 2 is 2.32 bits per heavy atom. The lowest BCUT2D eigenvalue weighted by atomic mass is 10.1. The van der Waals surface area contributed by atoms with Crippen molar-refractivity contribution in [3.63, 3.8) is 0 Å². The van der Waals surface area contributed by atoms with E-state index in [1.807, 2.05) is 29.3 Å². The van der Waals surface area contributed by atoms with E-state index in [1.54, 1.807) is 14.0 Å². The molecule has 1 unspecified atom stereocenters. The smallest absolute Gasteiger partial charge is 0.224 e. The van der Waals surface area contributed by atoms with Gasteiger partial charge in [0.25, 0.3) is 0 Å². The molecule has 116 valence electrons. The molecule has 0 bridgehead atoms. The predicted molar refractivity (Wildman–Crippen MR) is 85.2 cm³/mol. The van der Waals surface area contributed by atoms with E-state index in [2.05, 4.69) is 16.9 Å². The zero-order chi connectivity index (χ0) is 15.7. The first-order valence-electron chi connectivity index (χ1n) is 7.64. The minimum atomic E-state index is -0.0646. The first kappa shape index (κ1) is 14.6. The van der Waals surface area contributed by atoms with Gasteiger partial charge in [0.2, 0.25) is 5.91 Å². The zero-order valence-corrected chi connectivity index (χ0v) is 13.2. The zero-order valence-electron chi connectivity index (χ0n) is 13.2. The van der Waals surface area contributed by atoms with Crippen molar-refractivity contribution in [2.75, 3.05) is 12.0 Å². The van der Waals surface area contributed by atoms with E-state index in [0.29, 0.717) is 0 Å². The number of aromatic amines is 1. The number of methoxy groups -OCH3 is 1. The van der Waals surface area contributed by atoms with E-state index in [9.17, 15) is 4.79 Å². The summed E-state index contributed by atoms with van der Waals surface area (Å²) in [6, 6.07) is 5.78. The summed E-state index contributed by atoms with van der Waals surface area (Å²) < 4.78 is 5.29. The molecule has 1 aromatic heterocycles. The summed E-state index contributed by atoms with van der Waals surface area (Å²) >= 11 is 0. The maximum Gasteiger partial charge on any atom is 0.224 e. The number of hydrogen-bond donors (Lipinski definition) is 1. The number of hydrogen-bond acceptors (Lipinski definition) is 3. The third kappa shape index (κ3) is 2.47. The second-order valence-electron chi connectivity index (χ2n) is 5.65. The standard InChI is InChI=1S/C17H21N3O2/c1-4-5-13-10-18-17(19-13)16-9-12-8-14(22-3)6-7-15(12)20(16)11(2)21/h6-8,10,16H,4-5,9H2,1-3H3,(H,18,19). The van der Waals surface area contributed by atoms with Crippen molar-refractivity contribution in [1.29, 1.82) is 0 Å². The summed E-state index contributed by atoms with van der Waals surface area (Å²) in [5.41, 5.74) is 3.19. The minimum Gasteiger partial charge on any atom is -0.497 e. The third-order valence-electron chi connectivity index (χ3n) is 4.09. The Labute approximate surface area is 130 Å². The highest BCUT2D eigenvalue weighted by Crippen LogP contribution is 2.41. The molecule has 0 fully saturated rings. The average Bonchev–Trinajstić information content (AvgIpc) is 3.10. The second-order valence-corrected chi connectivity index (χ2v) is 5.65. The van der Waals surface area contributed by atoms with Gasteiger partial charge in [-0.1, -0.05) is 13.3 Å². The molecule has 3 rings (SSSR count). The molecule has 1 aliphatic heterocycles. The van der Waals surface area contributed by atoms with Crippen molar-refractivity contribution < 1.29 is 9.53 Å². The van der Waals surface area contributed by atoms with E-state index in [-0.39, 0.29) is 11.9 Å². The molecule has 0 saturated carbocycles. The van der Waals surface area contributed by atoms with Crippen LogP contribution < -0.4 is 9.64 Å². The average molecular weight is 299 g/mol. The van der Waals surface area contributed by atoms with Crippen LogP contribution in [-0.2, 0) is 17.6 Å².